The molecule has 27 heavy (non-hydrogen) atoms. The van der Waals surface area contributed by atoms with E-state index in [9.17, 15) is 9.59 Å². The van der Waals surface area contributed by atoms with Crippen molar-refractivity contribution in [2.45, 2.75) is 26.4 Å². The van der Waals surface area contributed by atoms with Crippen LogP contribution in [0.3, 0.4) is 0 Å². The van der Waals surface area contributed by atoms with E-state index in [1.165, 1.54) is 6.92 Å². The van der Waals surface area contributed by atoms with Gasteiger partial charge in [-0.2, -0.15) is 0 Å². The number of nitrogens with one attached hydrogen (secondary N) is 2. The number of rotatable bonds is 6. The quantitative estimate of drug-likeness (QED) is 0.674. The van der Waals surface area contributed by atoms with Crippen LogP contribution in [0.15, 0.2) is 66.7 Å². The Kier molecular flexibility index (Phi) is 5.71. The number of anilines is 2. The molecule has 0 saturated heterocycles. The largest absolute Gasteiger partial charge is 0.481 e. The number of carbonyl (C=O) groups excluding carboxylic acids is 2. The summed E-state index contributed by atoms with van der Waals surface area (Å²) >= 11 is 0. The molecule has 5 nitrogen and oxygen atoms in total. The van der Waals surface area contributed by atoms with Crippen LogP contribution in [0.5, 0.6) is 5.75 Å². The average Bonchev–Trinajstić information content (AvgIpc) is 2.67. The van der Waals surface area contributed by atoms with Gasteiger partial charge >= 0.3 is 0 Å². The molecule has 0 saturated carbocycles. The van der Waals surface area contributed by atoms with Crippen LogP contribution >= 0.6 is 0 Å². The zero-order valence-electron chi connectivity index (χ0n) is 15.4. The van der Waals surface area contributed by atoms with Crippen LogP contribution in [0.4, 0.5) is 11.4 Å². The third kappa shape index (κ3) is 4.85. The van der Waals surface area contributed by atoms with Gasteiger partial charge in [-0.3, -0.25) is 9.59 Å². The zero-order chi connectivity index (χ0) is 19.2. The van der Waals surface area contributed by atoms with Gasteiger partial charge in [0.15, 0.2) is 6.10 Å². The van der Waals surface area contributed by atoms with Gasteiger partial charge in [-0.25, -0.2) is 0 Å². The molecule has 0 bridgehead atoms. The molecule has 3 aromatic carbocycles. The highest BCUT2D eigenvalue weighted by atomic mass is 16.5. The molecule has 138 valence electrons. The van der Waals surface area contributed by atoms with E-state index in [4.69, 9.17) is 4.74 Å². The lowest BCUT2D eigenvalue weighted by atomic mass is 10.1. The zero-order valence-corrected chi connectivity index (χ0v) is 15.4. The second-order valence-electron chi connectivity index (χ2n) is 6.27. The molecule has 0 aliphatic rings. The fourth-order valence-electron chi connectivity index (χ4n) is 2.79. The molecule has 2 amide bonds. The van der Waals surface area contributed by atoms with E-state index in [0.29, 0.717) is 23.5 Å². The monoisotopic (exact) mass is 362 g/mol. The molecular formula is C22H22N2O3. The molecule has 0 aliphatic heterocycles. The molecule has 0 aromatic heterocycles. The Hall–Kier alpha value is -3.34. The van der Waals surface area contributed by atoms with Gasteiger partial charge < -0.3 is 15.4 Å². The fraction of sp³-hybridized carbons (Fsp3) is 0.182. The third-order valence-electron chi connectivity index (χ3n) is 4.14. The van der Waals surface area contributed by atoms with Gasteiger partial charge in [0.05, 0.1) is 0 Å². The summed E-state index contributed by atoms with van der Waals surface area (Å²) in [4.78, 5) is 23.6. The Labute approximate surface area is 158 Å². The molecule has 5 heteroatoms. The highest BCUT2D eigenvalue weighted by Crippen LogP contribution is 2.22. The molecule has 2 N–H and O–H groups in total. The van der Waals surface area contributed by atoms with E-state index in [1.54, 1.807) is 24.3 Å². The van der Waals surface area contributed by atoms with E-state index in [-0.39, 0.29) is 11.8 Å². The van der Waals surface area contributed by atoms with Gasteiger partial charge in [0.2, 0.25) is 5.91 Å². The van der Waals surface area contributed by atoms with Crippen molar-refractivity contribution in [1.29, 1.82) is 0 Å². The molecule has 3 rings (SSSR count). The first kappa shape index (κ1) is 18.5. The fourth-order valence-corrected chi connectivity index (χ4v) is 2.79. The van der Waals surface area contributed by atoms with E-state index >= 15 is 0 Å². The summed E-state index contributed by atoms with van der Waals surface area (Å²) in [6.45, 7) is 3.36. The van der Waals surface area contributed by atoms with Gasteiger partial charge in [-0.15, -0.1) is 0 Å². The summed E-state index contributed by atoms with van der Waals surface area (Å²) in [6.07, 6.45) is -0.0518. The molecule has 0 spiro atoms. The van der Waals surface area contributed by atoms with Crippen LogP contribution < -0.4 is 15.4 Å². The van der Waals surface area contributed by atoms with E-state index in [2.05, 4.69) is 10.6 Å². The highest BCUT2D eigenvalue weighted by molar-refractivity contribution is 5.95. The third-order valence-corrected chi connectivity index (χ3v) is 4.14. The maximum absolute atomic E-state index is 12.6. The summed E-state index contributed by atoms with van der Waals surface area (Å²) in [7, 11) is 0. The summed E-state index contributed by atoms with van der Waals surface area (Å²) in [5.74, 6) is 0.316. The lowest BCUT2D eigenvalue weighted by Crippen LogP contribution is -2.32. The number of amides is 2. The Morgan fingerprint density at radius 2 is 1.52 bits per heavy atom. The second kappa shape index (κ2) is 8.36. The number of benzene rings is 3. The van der Waals surface area contributed by atoms with Crippen LogP contribution in [0.2, 0.25) is 0 Å². The maximum Gasteiger partial charge on any atom is 0.265 e. The van der Waals surface area contributed by atoms with Crippen molar-refractivity contribution >= 4 is 34.0 Å². The Morgan fingerprint density at radius 3 is 2.15 bits per heavy atom. The number of hydrogen-bond acceptors (Lipinski definition) is 3. The first-order chi connectivity index (χ1) is 13.0. The molecule has 0 unspecified atom stereocenters. The van der Waals surface area contributed by atoms with Crippen LogP contribution in [0.25, 0.3) is 10.8 Å². The number of ether oxygens (including phenoxy) is 1. The number of hydrogen-bond donors (Lipinski definition) is 2. The van der Waals surface area contributed by atoms with Gasteiger partial charge in [0, 0.05) is 18.3 Å². The van der Waals surface area contributed by atoms with Crippen LogP contribution in [-0.2, 0) is 9.59 Å². The molecule has 3 aromatic rings. The average molecular weight is 362 g/mol. The summed E-state index contributed by atoms with van der Waals surface area (Å²) in [5.41, 5.74) is 1.33. The lowest BCUT2D eigenvalue weighted by molar-refractivity contribution is -0.122. The smallest absolute Gasteiger partial charge is 0.265 e. The van der Waals surface area contributed by atoms with Crippen molar-refractivity contribution in [3.05, 3.63) is 66.7 Å². The van der Waals surface area contributed by atoms with Gasteiger partial charge in [0.25, 0.3) is 5.91 Å². The van der Waals surface area contributed by atoms with Crippen LogP contribution in [0.1, 0.15) is 20.3 Å². The summed E-state index contributed by atoms with van der Waals surface area (Å²) in [5, 5.41) is 7.74. The van der Waals surface area contributed by atoms with Crippen molar-refractivity contribution in [2.75, 3.05) is 10.6 Å². The van der Waals surface area contributed by atoms with Crippen molar-refractivity contribution in [3.63, 3.8) is 0 Å². The number of carbonyl (C=O) groups is 2. The molecule has 1 atom stereocenters. The predicted molar refractivity (Wildman–Crippen MR) is 108 cm³/mol. The minimum absolute atomic E-state index is 0.137. The topological polar surface area (TPSA) is 67.4 Å². The predicted octanol–water partition coefficient (Wildman–Crippen LogP) is 4.59. The number of fused-ring (bicyclic) bond motifs is 1. The normalized spacial score (nSPS) is 11.6. The lowest BCUT2D eigenvalue weighted by Gasteiger charge is -2.18. The van der Waals surface area contributed by atoms with Crippen LogP contribution in [0, 0.1) is 0 Å². The van der Waals surface area contributed by atoms with Crippen molar-refractivity contribution in [2.24, 2.45) is 0 Å². The first-order valence-electron chi connectivity index (χ1n) is 8.89. The highest BCUT2D eigenvalue weighted by Gasteiger charge is 2.18. The van der Waals surface area contributed by atoms with Gasteiger partial charge in [-0.1, -0.05) is 37.3 Å². The molecule has 0 radical (unpaired) electrons. The molecular weight excluding hydrogens is 340 g/mol. The Bertz CT molecular complexity index is 951. The Balaban J connectivity index is 1.67. The second-order valence-corrected chi connectivity index (χ2v) is 6.27. The van der Waals surface area contributed by atoms with Crippen molar-refractivity contribution < 1.29 is 14.3 Å². The van der Waals surface area contributed by atoms with Gasteiger partial charge in [-0.05, 0) is 53.6 Å². The van der Waals surface area contributed by atoms with Crippen molar-refractivity contribution in [3.8, 4) is 5.75 Å². The van der Waals surface area contributed by atoms with Gasteiger partial charge in [0.1, 0.15) is 5.75 Å². The first-order valence-corrected chi connectivity index (χ1v) is 8.89. The summed E-state index contributed by atoms with van der Waals surface area (Å²) in [6, 6.07) is 20.8. The minimum atomic E-state index is -0.596. The summed E-state index contributed by atoms with van der Waals surface area (Å²) < 4.78 is 5.91. The Morgan fingerprint density at radius 1 is 0.889 bits per heavy atom. The van der Waals surface area contributed by atoms with E-state index < -0.39 is 6.10 Å². The molecule has 0 heterocycles. The van der Waals surface area contributed by atoms with Crippen LogP contribution in [-0.4, -0.2) is 17.9 Å². The minimum Gasteiger partial charge on any atom is -0.481 e. The molecule has 0 fully saturated rings. The molecule has 0 aliphatic carbocycles. The standard InChI is InChI=1S/C22H22N2O3/c1-3-21(27-20-13-8-16-6-4-5-7-17(16)14-20)22(26)24-19-11-9-18(10-12-19)23-15(2)25/h4-14,21H,3H2,1-2H3,(H,23,25)(H,24,26)/t21-/m0/s1. The van der Waals surface area contributed by atoms with Crippen molar-refractivity contribution in [1.82, 2.24) is 0 Å². The SMILES string of the molecule is CC[C@H](Oc1ccc2ccccc2c1)C(=O)Nc1ccc(NC(C)=O)cc1. The maximum atomic E-state index is 12.6. The van der Waals surface area contributed by atoms with E-state index in [0.717, 1.165) is 10.8 Å². The van der Waals surface area contributed by atoms with E-state index in [1.807, 2.05) is 49.4 Å².